The van der Waals surface area contributed by atoms with Crippen LogP contribution in [0.3, 0.4) is 0 Å². The lowest BCUT2D eigenvalue weighted by molar-refractivity contribution is -0.0181. The second-order valence-corrected chi connectivity index (χ2v) is 8.63. The van der Waals surface area contributed by atoms with Crippen LogP contribution >= 0.6 is 0 Å². The molecular weight excluding hydrogens is 304 g/mol. The highest BCUT2D eigenvalue weighted by Gasteiger charge is 2.22. The molecule has 140 valence electrons. The minimum atomic E-state index is 0.339. The summed E-state index contributed by atoms with van der Waals surface area (Å²) < 4.78 is 6.09. The fourth-order valence-corrected chi connectivity index (χ4v) is 4.88. The largest absolute Gasteiger partial charge is 0.373 e. The van der Waals surface area contributed by atoms with Crippen LogP contribution in [0.5, 0.6) is 0 Å². The van der Waals surface area contributed by atoms with Crippen molar-refractivity contribution >= 4 is 0 Å². The molecular formula is C24H38O. The molecule has 1 aromatic rings. The van der Waals surface area contributed by atoms with Gasteiger partial charge in [0.15, 0.2) is 0 Å². The predicted molar refractivity (Wildman–Crippen MR) is 107 cm³/mol. The van der Waals surface area contributed by atoms with E-state index >= 15 is 0 Å². The van der Waals surface area contributed by atoms with Crippen molar-refractivity contribution in [2.45, 2.75) is 90.6 Å². The average molecular weight is 343 g/mol. The molecule has 1 aromatic carbocycles. The quantitative estimate of drug-likeness (QED) is 0.513. The van der Waals surface area contributed by atoms with Crippen LogP contribution in [0.2, 0.25) is 0 Å². The third-order valence-corrected chi connectivity index (χ3v) is 6.80. The Labute approximate surface area is 155 Å². The van der Waals surface area contributed by atoms with Crippen molar-refractivity contribution < 1.29 is 4.74 Å². The van der Waals surface area contributed by atoms with Gasteiger partial charge in [0, 0.05) is 0 Å². The summed E-state index contributed by atoms with van der Waals surface area (Å²) in [7, 11) is 0. The van der Waals surface area contributed by atoms with E-state index in [0.717, 1.165) is 24.4 Å². The van der Waals surface area contributed by atoms with Gasteiger partial charge in [-0.05, 0) is 54.6 Å². The van der Waals surface area contributed by atoms with E-state index in [1.807, 2.05) is 0 Å². The molecule has 1 aliphatic carbocycles. The van der Waals surface area contributed by atoms with Crippen molar-refractivity contribution in [3.63, 3.8) is 0 Å². The highest BCUT2D eigenvalue weighted by Crippen LogP contribution is 2.34. The predicted octanol–water partition coefficient (Wildman–Crippen LogP) is 7.10. The first kappa shape index (κ1) is 19.0. The summed E-state index contributed by atoms with van der Waals surface area (Å²) in [6, 6.07) is 9.36. The van der Waals surface area contributed by atoms with Crippen LogP contribution in [-0.4, -0.2) is 6.61 Å². The van der Waals surface area contributed by atoms with E-state index in [1.54, 1.807) is 0 Å². The summed E-state index contributed by atoms with van der Waals surface area (Å²) >= 11 is 0. The van der Waals surface area contributed by atoms with Gasteiger partial charge in [-0.2, -0.15) is 0 Å². The molecule has 0 bridgehead atoms. The zero-order valence-corrected chi connectivity index (χ0v) is 16.5. The minimum absolute atomic E-state index is 0.339. The second kappa shape index (κ2) is 9.76. The number of hydrogen-bond acceptors (Lipinski definition) is 1. The Morgan fingerprint density at radius 1 is 0.800 bits per heavy atom. The Hall–Kier alpha value is -0.820. The van der Waals surface area contributed by atoms with Gasteiger partial charge in [-0.3, -0.25) is 0 Å². The van der Waals surface area contributed by atoms with Crippen LogP contribution in [0.15, 0.2) is 24.3 Å². The van der Waals surface area contributed by atoms with Gasteiger partial charge < -0.3 is 4.74 Å². The van der Waals surface area contributed by atoms with Gasteiger partial charge in [-0.25, -0.2) is 0 Å². The smallest absolute Gasteiger partial charge is 0.0825 e. The fraction of sp³-hybridized carbons (Fsp3) is 0.750. The molecule has 2 fully saturated rings. The zero-order chi connectivity index (χ0) is 17.5. The first-order valence-corrected chi connectivity index (χ1v) is 11.0. The summed E-state index contributed by atoms with van der Waals surface area (Å²) in [4.78, 5) is 0. The molecule has 2 aliphatic rings. The average Bonchev–Trinajstić information content (AvgIpc) is 2.68. The molecule has 0 amide bonds. The first-order valence-electron chi connectivity index (χ1n) is 11.0. The third-order valence-electron chi connectivity index (χ3n) is 6.80. The monoisotopic (exact) mass is 342 g/mol. The second-order valence-electron chi connectivity index (χ2n) is 8.63. The molecule has 1 aliphatic heterocycles. The van der Waals surface area contributed by atoms with E-state index in [0.29, 0.717) is 6.10 Å². The SMILES string of the molecule is CCCC1CCC(CCc2ccc(C3CCC(CC)CO3)cc2)CC1. The normalized spacial score (nSPS) is 30.3. The maximum atomic E-state index is 6.09. The van der Waals surface area contributed by atoms with E-state index < -0.39 is 0 Å². The van der Waals surface area contributed by atoms with Gasteiger partial charge in [0.2, 0.25) is 0 Å². The van der Waals surface area contributed by atoms with Gasteiger partial charge in [-0.15, -0.1) is 0 Å². The maximum absolute atomic E-state index is 6.09. The van der Waals surface area contributed by atoms with E-state index in [9.17, 15) is 0 Å². The van der Waals surface area contributed by atoms with Crippen LogP contribution in [0, 0.1) is 17.8 Å². The van der Waals surface area contributed by atoms with E-state index in [1.165, 1.54) is 81.8 Å². The molecule has 0 aromatic heterocycles. The van der Waals surface area contributed by atoms with Gasteiger partial charge in [0.05, 0.1) is 12.7 Å². The zero-order valence-electron chi connectivity index (χ0n) is 16.5. The van der Waals surface area contributed by atoms with E-state index in [-0.39, 0.29) is 0 Å². The Morgan fingerprint density at radius 2 is 1.44 bits per heavy atom. The van der Waals surface area contributed by atoms with Crippen molar-refractivity contribution in [2.24, 2.45) is 17.8 Å². The first-order chi connectivity index (χ1) is 12.3. The highest BCUT2D eigenvalue weighted by molar-refractivity contribution is 5.24. The Morgan fingerprint density at radius 3 is 2.00 bits per heavy atom. The van der Waals surface area contributed by atoms with Crippen LogP contribution < -0.4 is 0 Å². The third kappa shape index (κ3) is 5.58. The summed E-state index contributed by atoms with van der Waals surface area (Å²) in [5, 5.41) is 0. The lowest BCUT2D eigenvalue weighted by atomic mass is 9.78. The lowest BCUT2D eigenvalue weighted by Crippen LogP contribution is -2.20. The number of ether oxygens (including phenoxy) is 1. The summed E-state index contributed by atoms with van der Waals surface area (Å²) in [5.74, 6) is 2.78. The van der Waals surface area contributed by atoms with Gasteiger partial charge in [0.25, 0.3) is 0 Å². The molecule has 0 radical (unpaired) electrons. The molecule has 1 saturated carbocycles. The molecule has 2 unspecified atom stereocenters. The van der Waals surface area contributed by atoms with Gasteiger partial charge in [0.1, 0.15) is 0 Å². The van der Waals surface area contributed by atoms with Crippen LogP contribution in [0.4, 0.5) is 0 Å². The molecule has 1 heteroatoms. The van der Waals surface area contributed by atoms with Crippen molar-refractivity contribution in [3.8, 4) is 0 Å². The standard InChI is InChI=1S/C24H38O/c1-3-5-20-6-8-21(9-7-20)10-11-22-12-15-23(16-13-22)24-17-14-19(4-2)18-25-24/h12-13,15-16,19-21,24H,3-11,14,17-18H2,1-2H3. The van der Waals surface area contributed by atoms with E-state index in [2.05, 4.69) is 38.1 Å². The van der Waals surface area contributed by atoms with Crippen LogP contribution in [-0.2, 0) is 11.2 Å². The summed E-state index contributed by atoms with van der Waals surface area (Å²) in [5.41, 5.74) is 2.90. The molecule has 1 heterocycles. The Kier molecular flexibility index (Phi) is 7.40. The Balaban J connectivity index is 1.41. The topological polar surface area (TPSA) is 9.23 Å². The summed E-state index contributed by atoms with van der Waals surface area (Å²) in [6.07, 6.45) is 15.5. The lowest BCUT2D eigenvalue weighted by Gasteiger charge is -2.29. The molecule has 2 atom stereocenters. The number of aryl methyl sites for hydroxylation is 1. The van der Waals surface area contributed by atoms with Crippen molar-refractivity contribution in [2.75, 3.05) is 6.61 Å². The molecule has 1 saturated heterocycles. The maximum Gasteiger partial charge on any atom is 0.0825 e. The number of hydrogen-bond donors (Lipinski definition) is 0. The van der Waals surface area contributed by atoms with Crippen LogP contribution in [0.1, 0.15) is 95.3 Å². The van der Waals surface area contributed by atoms with Crippen molar-refractivity contribution in [1.29, 1.82) is 0 Å². The fourth-order valence-electron chi connectivity index (χ4n) is 4.88. The van der Waals surface area contributed by atoms with Gasteiger partial charge in [-0.1, -0.05) is 83.1 Å². The van der Waals surface area contributed by atoms with Crippen molar-refractivity contribution in [3.05, 3.63) is 35.4 Å². The molecule has 1 nitrogen and oxygen atoms in total. The van der Waals surface area contributed by atoms with Crippen molar-refractivity contribution in [1.82, 2.24) is 0 Å². The number of rotatable bonds is 7. The summed E-state index contributed by atoms with van der Waals surface area (Å²) in [6.45, 7) is 5.55. The van der Waals surface area contributed by atoms with E-state index in [4.69, 9.17) is 4.74 Å². The van der Waals surface area contributed by atoms with Crippen LogP contribution in [0.25, 0.3) is 0 Å². The molecule has 0 N–H and O–H groups in total. The molecule has 25 heavy (non-hydrogen) atoms. The highest BCUT2D eigenvalue weighted by atomic mass is 16.5. The molecule has 3 rings (SSSR count). The molecule has 0 spiro atoms. The minimum Gasteiger partial charge on any atom is -0.373 e. The van der Waals surface area contributed by atoms with Gasteiger partial charge >= 0.3 is 0 Å². The Bertz CT molecular complexity index is 475. The number of benzene rings is 1.